The fraction of sp³-hybridized carbons (Fsp3) is 0.833. The first-order valence-electron chi connectivity index (χ1n) is 6.56. The number of aliphatic hydroxyl groups is 1. The smallest absolute Gasteiger partial charge is 0.205 e. The lowest BCUT2D eigenvalue weighted by Crippen LogP contribution is -2.37. The van der Waals surface area contributed by atoms with E-state index in [0.29, 0.717) is 18.5 Å². The highest BCUT2D eigenvalue weighted by Gasteiger charge is 2.35. The van der Waals surface area contributed by atoms with Gasteiger partial charge in [0, 0.05) is 36.6 Å². The number of aromatic nitrogens is 2. The van der Waals surface area contributed by atoms with Crippen LogP contribution in [0, 0.1) is 0 Å². The quantitative estimate of drug-likeness (QED) is 0.880. The highest BCUT2D eigenvalue weighted by atomic mass is 32.1. The van der Waals surface area contributed by atoms with Gasteiger partial charge < -0.3 is 14.9 Å². The van der Waals surface area contributed by atoms with Gasteiger partial charge in [-0.15, -0.1) is 0 Å². The van der Waals surface area contributed by atoms with Crippen molar-refractivity contribution >= 4 is 16.7 Å². The minimum atomic E-state index is -0.233. The van der Waals surface area contributed by atoms with E-state index in [1.807, 2.05) is 0 Å². The van der Waals surface area contributed by atoms with Crippen molar-refractivity contribution < 1.29 is 5.11 Å². The minimum Gasteiger partial charge on any atom is -0.391 e. The number of nitrogens with zero attached hydrogens (tertiary/aromatic N) is 4. The van der Waals surface area contributed by atoms with Crippen molar-refractivity contribution in [2.24, 2.45) is 0 Å². The van der Waals surface area contributed by atoms with Crippen LogP contribution in [0.4, 0.5) is 5.13 Å². The van der Waals surface area contributed by atoms with Crippen LogP contribution >= 0.6 is 11.5 Å². The predicted octanol–water partition coefficient (Wildman–Crippen LogP) is 0.917. The van der Waals surface area contributed by atoms with E-state index in [1.54, 1.807) is 0 Å². The van der Waals surface area contributed by atoms with Crippen LogP contribution in [0.5, 0.6) is 0 Å². The monoisotopic (exact) mass is 268 g/mol. The van der Waals surface area contributed by atoms with Crippen LogP contribution in [0.3, 0.4) is 0 Å². The third kappa shape index (κ3) is 2.50. The Morgan fingerprint density at radius 1 is 1.44 bits per heavy atom. The number of β-amino-alcohol motifs (C(OH)–C–C–N with tert-alkyl or cyclic N) is 1. The molecule has 100 valence electrons. The summed E-state index contributed by atoms with van der Waals surface area (Å²) < 4.78 is 4.46. The Morgan fingerprint density at radius 3 is 2.89 bits per heavy atom. The van der Waals surface area contributed by atoms with E-state index in [2.05, 4.69) is 33.3 Å². The number of aliphatic hydroxyl groups excluding tert-OH is 1. The summed E-state index contributed by atoms with van der Waals surface area (Å²) in [4.78, 5) is 9.05. The van der Waals surface area contributed by atoms with Gasteiger partial charge in [-0.1, -0.05) is 0 Å². The maximum absolute atomic E-state index is 9.87. The molecule has 2 heterocycles. The van der Waals surface area contributed by atoms with E-state index < -0.39 is 0 Å². The van der Waals surface area contributed by atoms with E-state index in [-0.39, 0.29) is 6.10 Å². The van der Waals surface area contributed by atoms with Crippen LogP contribution in [-0.2, 0) is 0 Å². The summed E-state index contributed by atoms with van der Waals surface area (Å²) in [5.41, 5.74) is 0. The molecule has 0 amide bonds. The van der Waals surface area contributed by atoms with Crippen LogP contribution in [0.15, 0.2) is 0 Å². The molecule has 1 aromatic rings. The van der Waals surface area contributed by atoms with Crippen LogP contribution in [-0.4, -0.2) is 58.7 Å². The van der Waals surface area contributed by atoms with E-state index in [0.717, 1.165) is 23.9 Å². The Balaban J connectivity index is 1.75. The normalized spacial score (nSPS) is 28.3. The van der Waals surface area contributed by atoms with Crippen molar-refractivity contribution in [1.29, 1.82) is 0 Å². The molecule has 5 nitrogen and oxygen atoms in total. The maximum Gasteiger partial charge on any atom is 0.205 e. The molecule has 18 heavy (non-hydrogen) atoms. The summed E-state index contributed by atoms with van der Waals surface area (Å²) in [6, 6.07) is 0.356. The van der Waals surface area contributed by atoms with E-state index in [4.69, 9.17) is 0 Å². The number of rotatable bonds is 4. The van der Waals surface area contributed by atoms with Crippen molar-refractivity contribution in [3.63, 3.8) is 0 Å². The largest absolute Gasteiger partial charge is 0.391 e. The predicted molar refractivity (Wildman–Crippen MR) is 72.2 cm³/mol. The molecular weight excluding hydrogens is 248 g/mol. The molecule has 1 N–H and O–H groups in total. The Morgan fingerprint density at radius 2 is 2.22 bits per heavy atom. The standard InChI is InChI=1S/C12H20N4OS/c1-15(2)6-9-5-10(17)7-16(9)12-13-11(14-18-12)8-3-4-8/h8-10,17H,3-7H2,1-2H3. The van der Waals surface area contributed by atoms with E-state index in [1.165, 1.54) is 24.4 Å². The lowest BCUT2D eigenvalue weighted by atomic mass is 10.2. The van der Waals surface area contributed by atoms with Gasteiger partial charge in [0.05, 0.1) is 6.10 Å². The lowest BCUT2D eigenvalue weighted by Gasteiger charge is -2.25. The number of likely N-dealkylation sites (N-methyl/N-ethyl adjacent to an activating group) is 1. The summed E-state index contributed by atoms with van der Waals surface area (Å²) in [7, 11) is 4.14. The van der Waals surface area contributed by atoms with Gasteiger partial charge in [-0.25, -0.2) is 4.98 Å². The van der Waals surface area contributed by atoms with Gasteiger partial charge in [0.25, 0.3) is 0 Å². The van der Waals surface area contributed by atoms with Crippen molar-refractivity contribution in [3.8, 4) is 0 Å². The molecule has 0 bridgehead atoms. The van der Waals surface area contributed by atoms with Crippen molar-refractivity contribution in [1.82, 2.24) is 14.3 Å². The second-order valence-electron chi connectivity index (χ2n) is 5.67. The average molecular weight is 268 g/mol. The molecule has 1 saturated carbocycles. The van der Waals surface area contributed by atoms with Crippen molar-refractivity contribution in [2.45, 2.75) is 37.3 Å². The molecule has 1 aliphatic heterocycles. The summed E-state index contributed by atoms with van der Waals surface area (Å²) in [6.45, 7) is 1.65. The summed E-state index contributed by atoms with van der Waals surface area (Å²) >= 11 is 1.48. The molecule has 2 atom stereocenters. The van der Waals surface area contributed by atoms with Gasteiger partial charge >= 0.3 is 0 Å². The number of anilines is 1. The third-order valence-electron chi connectivity index (χ3n) is 3.59. The topological polar surface area (TPSA) is 52.5 Å². The average Bonchev–Trinajstić information content (AvgIpc) is 2.92. The SMILES string of the molecule is CN(C)CC1CC(O)CN1c1nc(C2CC2)ns1. The van der Waals surface area contributed by atoms with Gasteiger partial charge in [-0.05, 0) is 33.4 Å². The number of hydrogen-bond acceptors (Lipinski definition) is 6. The van der Waals surface area contributed by atoms with Crippen LogP contribution in [0.2, 0.25) is 0 Å². The van der Waals surface area contributed by atoms with Gasteiger partial charge in [0.1, 0.15) is 5.82 Å². The molecule has 3 rings (SSSR count). The van der Waals surface area contributed by atoms with Gasteiger partial charge in [-0.3, -0.25) is 0 Å². The van der Waals surface area contributed by atoms with Gasteiger partial charge in [0.2, 0.25) is 5.13 Å². The Bertz CT molecular complexity index is 418. The molecule has 1 saturated heterocycles. The second-order valence-corrected chi connectivity index (χ2v) is 6.40. The highest BCUT2D eigenvalue weighted by Crippen LogP contribution is 2.40. The van der Waals surface area contributed by atoms with Gasteiger partial charge in [-0.2, -0.15) is 4.37 Å². The fourth-order valence-electron chi connectivity index (χ4n) is 2.57. The van der Waals surface area contributed by atoms with Gasteiger partial charge in [0.15, 0.2) is 0 Å². The van der Waals surface area contributed by atoms with Crippen LogP contribution in [0.1, 0.15) is 31.0 Å². The minimum absolute atomic E-state index is 0.233. The third-order valence-corrected chi connectivity index (χ3v) is 4.35. The molecule has 0 radical (unpaired) electrons. The second kappa shape index (κ2) is 4.75. The van der Waals surface area contributed by atoms with Crippen LogP contribution in [0.25, 0.3) is 0 Å². The molecule has 2 fully saturated rings. The molecular formula is C12H20N4OS. The highest BCUT2D eigenvalue weighted by molar-refractivity contribution is 7.09. The Kier molecular flexibility index (Phi) is 3.25. The summed E-state index contributed by atoms with van der Waals surface area (Å²) in [6.07, 6.45) is 3.07. The molecule has 2 aliphatic rings. The first kappa shape index (κ1) is 12.3. The van der Waals surface area contributed by atoms with Crippen molar-refractivity contribution in [2.75, 3.05) is 32.1 Å². The molecule has 6 heteroatoms. The van der Waals surface area contributed by atoms with E-state index >= 15 is 0 Å². The van der Waals surface area contributed by atoms with E-state index in [9.17, 15) is 5.11 Å². The molecule has 1 aliphatic carbocycles. The zero-order chi connectivity index (χ0) is 12.7. The molecule has 2 unspecified atom stereocenters. The molecule has 1 aromatic heterocycles. The first-order chi connectivity index (χ1) is 8.63. The molecule has 0 spiro atoms. The summed E-state index contributed by atoms with van der Waals surface area (Å²) in [5, 5.41) is 10.9. The van der Waals surface area contributed by atoms with Crippen LogP contribution < -0.4 is 4.90 Å². The lowest BCUT2D eigenvalue weighted by molar-refractivity contribution is 0.191. The summed E-state index contributed by atoms with van der Waals surface area (Å²) in [5.74, 6) is 1.62. The fourth-order valence-corrected chi connectivity index (χ4v) is 3.40. The molecule has 0 aromatic carbocycles. The van der Waals surface area contributed by atoms with Crippen molar-refractivity contribution in [3.05, 3.63) is 5.82 Å². The zero-order valence-electron chi connectivity index (χ0n) is 10.9. The maximum atomic E-state index is 9.87. The first-order valence-corrected chi connectivity index (χ1v) is 7.34. The Hall–Kier alpha value is -0.720. The number of hydrogen-bond donors (Lipinski definition) is 1. The Labute approximate surface area is 112 Å². The zero-order valence-corrected chi connectivity index (χ0v) is 11.7.